The van der Waals surface area contributed by atoms with Crippen LogP contribution in [0.4, 0.5) is 0 Å². The third-order valence-corrected chi connectivity index (χ3v) is 2.10. The molecule has 0 radical (unpaired) electrons. The molecule has 2 amide bonds. The van der Waals surface area contributed by atoms with Crippen molar-refractivity contribution in [3.63, 3.8) is 0 Å². The second-order valence-electron chi connectivity index (χ2n) is 3.93. The fourth-order valence-electron chi connectivity index (χ4n) is 1.34. The first-order valence-electron chi connectivity index (χ1n) is 5.82. The number of amides is 2. The van der Waals surface area contributed by atoms with Crippen LogP contribution in [0.15, 0.2) is 36.9 Å². The largest absolute Gasteiger partial charge is 0.508 e. The Hall–Kier alpha value is -2.30. The van der Waals surface area contributed by atoms with Gasteiger partial charge in [0.15, 0.2) is 0 Å². The maximum absolute atomic E-state index is 11.1. The van der Waals surface area contributed by atoms with Crippen molar-refractivity contribution in [3.05, 3.63) is 42.5 Å². The van der Waals surface area contributed by atoms with Crippen LogP contribution in [-0.2, 0) is 16.0 Å². The Balaban J connectivity index is 0.000000982. The molecule has 5 nitrogen and oxygen atoms in total. The number of phenolic OH excluding ortho intramolecular Hbond substituents is 1. The summed E-state index contributed by atoms with van der Waals surface area (Å²) in [4.78, 5) is 21.9. The van der Waals surface area contributed by atoms with Crippen molar-refractivity contribution < 1.29 is 14.7 Å². The molecule has 0 aliphatic carbocycles. The van der Waals surface area contributed by atoms with E-state index in [-0.39, 0.29) is 11.7 Å². The molecule has 0 aliphatic rings. The molecule has 104 valence electrons. The number of hydrogen-bond donors (Lipinski definition) is 3. The van der Waals surface area contributed by atoms with E-state index in [1.807, 2.05) is 6.92 Å². The Morgan fingerprint density at radius 2 is 1.89 bits per heavy atom. The minimum absolute atomic E-state index is 0.152. The van der Waals surface area contributed by atoms with Gasteiger partial charge in [0, 0.05) is 13.3 Å². The summed E-state index contributed by atoms with van der Waals surface area (Å²) in [5.74, 6) is -0.732. The van der Waals surface area contributed by atoms with Gasteiger partial charge in [0.1, 0.15) is 11.8 Å². The van der Waals surface area contributed by atoms with E-state index in [1.165, 1.54) is 19.1 Å². The molecule has 19 heavy (non-hydrogen) atoms. The normalized spacial score (nSPS) is 10.6. The molecule has 4 N–H and O–H groups in total. The minimum Gasteiger partial charge on any atom is -0.508 e. The summed E-state index contributed by atoms with van der Waals surface area (Å²) >= 11 is 0. The number of nitrogens with two attached hydrogens (primary N) is 1. The summed E-state index contributed by atoms with van der Waals surface area (Å²) in [5.41, 5.74) is 5.97. The van der Waals surface area contributed by atoms with Gasteiger partial charge in [-0.2, -0.15) is 0 Å². The highest BCUT2D eigenvalue weighted by Gasteiger charge is 2.16. The molecule has 0 aliphatic heterocycles. The highest BCUT2D eigenvalue weighted by atomic mass is 16.3. The molecule has 1 aromatic carbocycles. The van der Waals surface area contributed by atoms with Crippen molar-refractivity contribution in [2.75, 3.05) is 0 Å². The predicted molar refractivity (Wildman–Crippen MR) is 74.5 cm³/mol. The van der Waals surface area contributed by atoms with Crippen LogP contribution in [0.2, 0.25) is 0 Å². The van der Waals surface area contributed by atoms with E-state index in [1.54, 1.807) is 18.2 Å². The lowest BCUT2D eigenvalue weighted by molar-refractivity contribution is -0.126. The number of rotatable bonds is 4. The maximum Gasteiger partial charge on any atom is 0.240 e. The van der Waals surface area contributed by atoms with Crippen molar-refractivity contribution in [1.29, 1.82) is 0 Å². The van der Waals surface area contributed by atoms with Gasteiger partial charge in [-0.3, -0.25) is 9.59 Å². The topological polar surface area (TPSA) is 92.4 Å². The number of hydrogen-bond acceptors (Lipinski definition) is 3. The molecule has 0 saturated heterocycles. The molecule has 0 saturated carbocycles. The van der Waals surface area contributed by atoms with E-state index in [2.05, 4.69) is 11.9 Å². The summed E-state index contributed by atoms with van der Waals surface area (Å²) in [6.07, 6.45) is 2.06. The van der Waals surface area contributed by atoms with Crippen LogP contribution in [0.1, 0.15) is 19.4 Å². The van der Waals surface area contributed by atoms with Gasteiger partial charge < -0.3 is 16.2 Å². The Labute approximate surface area is 113 Å². The molecule has 0 bridgehead atoms. The number of carbonyl (C=O) groups is 2. The van der Waals surface area contributed by atoms with E-state index < -0.39 is 11.9 Å². The standard InChI is InChI=1S/C11H14N2O3.C3H6/c1-7(14)13-10(11(12)16)6-8-2-4-9(15)5-3-8;1-3-2/h2-5,10,15H,6H2,1H3,(H2,12,16)(H,13,14);3H,1H2,2H3/t10-;/m0./s1. The second kappa shape index (κ2) is 8.74. The molecule has 1 atom stereocenters. The molecule has 1 rings (SSSR count). The Morgan fingerprint density at radius 1 is 1.42 bits per heavy atom. The smallest absolute Gasteiger partial charge is 0.240 e. The number of phenols is 1. The number of allylic oxidation sites excluding steroid dienone is 1. The second-order valence-corrected chi connectivity index (χ2v) is 3.93. The summed E-state index contributed by atoms with van der Waals surface area (Å²) in [6, 6.07) is 5.66. The summed E-state index contributed by atoms with van der Waals surface area (Å²) in [5, 5.41) is 11.6. The number of primary amides is 1. The lowest BCUT2D eigenvalue weighted by Crippen LogP contribution is -2.44. The molecule has 0 aromatic heterocycles. The lowest BCUT2D eigenvalue weighted by atomic mass is 10.1. The van der Waals surface area contributed by atoms with Crippen molar-refractivity contribution in [3.8, 4) is 5.75 Å². The van der Waals surface area contributed by atoms with Crippen LogP contribution in [0.25, 0.3) is 0 Å². The maximum atomic E-state index is 11.1. The van der Waals surface area contributed by atoms with Crippen LogP contribution in [0.5, 0.6) is 5.75 Å². The van der Waals surface area contributed by atoms with E-state index in [4.69, 9.17) is 10.8 Å². The zero-order valence-electron chi connectivity index (χ0n) is 11.2. The van der Waals surface area contributed by atoms with Gasteiger partial charge in [0.05, 0.1) is 0 Å². The van der Waals surface area contributed by atoms with Gasteiger partial charge in [0.25, 0.3) is 0 Å². The van der Waals surface area contributed by atoms with Gasteiger partial charge in [-0.1, -0.05) is 18.2 Å². The molecule has 5 heteroatoms. The zero-order chi connectivity index (χ0) is 14.8. The predicted octanol–water partition coefficient (Wildman–Crippen LogP) is 1.12. The first-order chi connectivity index (χ1) is 8.90. The molecule has 0 spiro atoms. The lowest BCUT2D eigenvalue weighted by Gasteiger charge is -2.14. The number of aromatic hydroxyl groups is 1. The minimum atomic E-state index is -0.720. The van der Waals surface area contributed by atoms with Crippen LogP contribution in [0.3, 0.4) is 0 Å². The number of benzene rings is 1. The van der Waals surface area contributed by atoms with E-state index in [9.17, 15) is 9.59 Å². The third-order valence-electron chi connectivity index (χ3n) is 2.10. The fraction of sp³-hybridized carbons (Fsp3) is 0.286. The number of nitrogens with one attached hydrogen (secondary N) is 1. The molecular weight excluding hydrogens is 244 g/mol. The van der Waals surface area contributed by atoms with Crippen LogP contribution in [-0.4, -0.2) is 23.0 Å². The van der Waals surface area contributed by atoms with Gasteiger partial charge in [-0.05, 0) is 24.6 Å². The fourth-order valence-corrected chi connectivity index (χ4v) is 1.34. The molecular formula is C14H20N2O3. The van der Waals surface area contributed by atoms with E-state index >= 15 is 0 Å². The first-order valence-corrected chi connectivity index (χ1v) is 5.82. The van der Waals surface area contributed by atoms with Crippen molar-refractivity contribution in [2.45, 2.75) is 26.3 Å². The van der Waals surface area contributed by atoms with Gasteiger partial charge in [-0.25, -0.2) is 0 Å². The van der Waals surface area contributed by atoms with E-state index in [0.717, 1.165) is 5.56 Å². The van der Waals surface area contributed by atoms with Gasteiger partial charge in [-0.15, -0.1) is 6.58 Å². The average molecular weight is 264 g/mol. The van der Waals surface area contributed by atoms with Crippen molar-refractivity contribution in [2.24, 2.45) is 5.73 Å². The highest BCUT2D eigenvalue weighted by Crippen LogP contribution is 2.11. The van der Waals surface area contributed by atoms with Crippen molar-refractivity contribution >= 4 is 11.8 Å². The van der Waals surface area contributed by atoms with Crippen molar-refractivity contribution in [1.82, 2.24) is 5.32 Å². The number of carbonyl (C=O) groups excluding carboxylic acids is 2. The molecule has 0 heterocycles. The zero-order valence-corrected chi connectivity index (χ0v) is 11.2. The summed E-state index contributed by atoms with van der Waals surface area (Å²) < 4.78 is 0. The molecule has 0 unspecified atom stereocenters. The molecule has 1 aromatic rings. The monoisotopic (exact) mass is 264 g/mol. The van der Waals surface area contributed by atoms with Crippen LogP contribution in [0, 0.1) is 0 Å². The average Bonchev–Trinajstić information content (AvgIpc) is 2.31. The third kappa shape index (κ3) is 7.59. The molecule has 0 fully saturated rings. The SMILES string of the molecule is C=CC.CC(=O)N[C@@H](Cc1ccc(O)cc1)C(N)=O. The van der Waals surface area contributed by atoms with Crippen LogP contribution < -0.4 is 11.1 Å². The Bertz CT molecular complexity index is 427. The summed E-state index contributed by atoms with van der Waals surface area (Å²) in [7, 11) is 0. The van der Waals surface area contributed by atoms with Gasteiger partial charge in [0.2, 0.25) is 11.8 Å². The Kier molecular flexibility index (Phi) is 7.68. The highest BCUT2D eigenvalue weighted by molar-refractivity contribution is 5.85. The summed E-state index contributed by atoms with van der Waals surface area (Å²) in [6.45, 7) is 6.58. The van der Waals surface area contributed by atoms with E-state index in [0.29, 0.717) is 6.42 Å². The quantitative estimate of drug-likeness (QED) is 0.711. The van der Waals surface area contributed by atoms with Gasteiger partial charge >= 0.3 is 0 Å². The first kappa shape index (κ1) is 16.7. The Morgan fingerprint density at radius 3 is 2.26 bits per heavy atom. The van der Waals surface area contributed by atoms with Crippen LogP contribution >= 0.6 is 0 Å².